The molecule has 0 aliphatic carbocycles. The fourth-order valence-corrected chi connectivity index (χ4v) is 4.47. The number of halogens is 2. The normalized spacial score (nSPS) is 19.6. The van der Waals surface area contributed by atoms with Crippen LogP contribution in [0.1, 0.15) is 30.4 Å². The summed E-state index contributed by atoms with van der Waals surface area (Å²) in [7, 11) is 1.56. The average molecular weight is 539 g/mol. The van der Waals surface area contributed by atoms with Gasteiger partial charge in [0.2, 0.25) is 11.8 Å². The molecule has 1 amide bonds. The Kier molecular flexibility index (Phi) is 10.1. The van der Waals surface area contributed by atoms with Crippen molar-refractivity contribution in [2.24, 2.45) is 0 Å². The smallest absolute Gasteiger partial charge is 0.222 e. The van der Waals surface area contributed by atoms with E-state index in [0.29, 0.717) is 24.4 Å². The van der Waals surface area contributed by atoms with Crippen molar-refractivity contribution in [3.63, 3.8) is 0 Å². The topological polar surface area (TPSA) is 106 Å². The van der Waals surface area contributed by atoms with Crippen LogP contribution in [0.15, 0.2) is 54.7 Å². The Morgan fingerprint density at radius 2 is 2.05 bits per heavy atom. The van der Waals surface area contributed by atoms with Crippen LogP contribution in [0.4, 0.5) is 8.78 Å². The largest absolute Gasteiger partial charge is 0.481 e. The van der Waals surface area contributed by atoms with Crippen LogP contribution in [0, 0.1) is 11.6 Å². The van der Waals surface area contributed by atoms with E-state index in [1.165, 1.54) is 6.08 Å². The fraction of sp³-hybridized carbons (Fsp3) is 0.345. The minimum absolute atomic E-state index is 0.112. The third-order valence-corrected chi connectivity index (χ3v) is 6.42. The molecule has 3 atom stereocenters. The van der Waals surface area contributed by atoms with Crippen molar-refractivity contribution in [3.05, 3.63) is 77.5 Å². The summed E-state index contributed by atoms with van der Waals surface area (Å²) < 4.78 is 38.9. The highest BCUT2D eigenvalue weighted by atomic mass is 19.1. The molecule has 8 nitrogen and oxygen atoms in total. The zero-order chi connectivity index (χ0) is 27.6. The highest BCUT2D eigenvalue weighted by Crippen LogP contribution is 2.25. The van der Waals surface area contributed by atoms with Crippen LogP contribution < -0.4 is 15.4 Å². The number of methoxy groups -OCH3 is 1. The van der Waals surface area contributed by atoms with Gasteiger partial charge in [-0.15, -0.1) is 0 Å². The summed E-state index contributed by atoms with van der Waals surface area (Å²) in [4.78, 5) is 21.3. The molecule has 1 aliphatic rings. The van der Waals surface area contributed by atoms with Crippen molar-refractivity contribution in [1.82, 2.24) is 20.6 Å². The highest BCUT2D eigenvalue weighted by molar-refractivity contribution is 5.84. The monoisotopic (exact) mass is 538 g/mol. The molecule has 1 saturated heterocycles. The van der Waals surface area contributed by atoms with Crippen molar-refractivity contribution in [3.8, 4) is 5.88 Å². The van der Waals surface area contributed by atoms with Crippen molar-refractivity contribution in [2.45, 2.75) is 37.5 Å². The second-order valence-electron chi connectivity index (χ2n) is 9.13. The lowest BCUT2D eigenvalue weighted by atomic mass is 9.95. The van der Waals surface area contributed by atoms with E-state index >= 15 is 0 Å². The van der Waals surface area contributed by atoms with Gasteiger partial charge in [-0.05, 0) is 43.2 Å². The molecule has 1 aliphatic heterocycles. The molecule has 0 unspecified atom stereocenters. The maximum absolute atomic E-state index is 13.9. The van der Waals surface area contributed by atoms with Gasteiger partial charge in [-0.2, -0.15) is 0 Å². The molecular weight excluding hydrogens is 506 g/mol. The molecule has 0 radical (unpaired) electrons. The minimum Gasteiger partial charge on any atom is -0.481 e. The SMILES string of the molecule is COc1ccc2nccc(C=C[C@@H]3CC[C@@H](NCC=Cc4cc(F)ccc4F)[C@@H](CC(=O)NCCO)O3)c2n1. The fourth-order valence-electron chi connectivity index (χ4n) is 4.47. The molecule has 1 fully saturated rings. The van der Waals surface area contributed by atoms with Gasteiger partial charge >= 0.3 is 0 Å². The van der Waals surface area contributed by atoms with Gasteiger partial charge < -0.3 is 25.2 Å². The first-order valence-corrected chi connectivity index (χ1v) is 12.8. The Morgan fingerprint density at radius 1 is 1.18 bits per heavy atom. The summed E-state index contributed by atoms with van der Waals surface area (Å²) in [6.45, 7) is 0.403. The first kappa shape index (κ1) is 28.3. The number of nitrogens with one attached hydrogen (secondary N) is 2. The van der Waals surface area contributed by atoms with Gasteiger partial charge in [-0.25, -0.2) is 13.8 Å². The molecule has 0 saturated carbocycles. The number of benzene rings is 1. The average Bonchev–Trinajstić information content (AvgIpc) is 2.95. The van der Waals surface area contributed by atoms with Crippen LogP contribution in [-0.4, -0.2) is 66.0 Å². The number of aromatic nitrogens is 2. The van der Waals surface area contributed by atoms with Gasteiger partial charge in [0, 0.05) is 42.5 Å². The molecule has 39 heavy (non-hydrogen) atoms. The lowest BCUT2D eigenvalue weighted by Crippen LogP contribution is -2.49. The number of carbonyl (C=O) groups excluding carboxylic acids is 1. The van der Waals surface area contributed by atoms with Gasteiger partial charge in [0.15, 0.2) is 0 Å². The number of ether oxygens (including phenoxy) is 2. The van der Waals surface area contributed by atoms with E-state index in [1.54, 1.807) is 25.4 Å². The second kappa shape index (κ2) is 13.9. The van der Waals surface area contributed by atoms with Crippen molar-refractivity contribution >= 4 is 29.1 Å². The van der Waals surface area contributed by atoms with Crippen molar-refractivity contribution < 1.29 is 28.2 Å². The van der Waals surface area contributed by atoms with E-state index in [9.17, 15) is 13.6 Å². The van der Waals surface area contributed by atoms with Crippen LogP contribution in [0.3, 0.4) is 0 Å². The Bertz CT molecular complexity index is 1330. The van der Waals surface area contributed by atoms with Gasteiger partial charge in [0.05, 0.1) is 43.4 Å². The molecule has 4 rings (SSSR count). The van der Waals surface area contributed by atoms with Gasteiger partial charge in [-0.3, -0.25) is 9.78 Å². The Balaban J connectivity index is 1.43. The van der Waals surface area contributed by atoms with Crippen LogP contribution in [-0.2, 0) is 9.53 Å². The van der Waals surface area contributed by atoms with Crippen molar-refractivity contribution in [1.29, 1.82) is 0 Å². The maximum atomic E-state index is 13.9. The summed E-state index contributed by atoms with van der Waals surface area (Å²) in [5.41, 5.74) is 2.49. The number of rotatable bonds is 11. The zero-order valence-corrected chi connectivity index (χ0v) is 21.6. The van der Waals surface area contributed by atoms with Crippen molar-refractivity contribution in [2.75, 3.05) is 26.8 Å². The minimum atomic E-state index is -0.507. The molecular formula is C29H32F2N4O4. The molecule has 3 N–H and O–H groups in total. The van der Waals surface area contributed by atoms with Crippen LogP contribution >= 0.6 is 0 Å². The maximum Gasteiger partial charge on any atom is 0.222 e. The molecule has 2 aromatic heterocycles. The van der Waals surface area contributed by atoms with E-state index < -0.39 is 17.7 Å². The number of carbonyl (C=O) groups is 1. The predicted octanol–water partition coefficient (Wildman–Crippen LogP) is 3.65. The third-order valence-electron chi connectivity index (χ3n) is 6.42. The number of amides is 1. The summed E-state index contributed by atoms with van der Waals surface area (Å²) in [6.07, 6.45) is 9.74. The lowest BCUT2D eigenvalue weighted by molar-refractivity contribution is -0.127. The molecule has 0 spiro atoms. The number of fused-ring (bicyclic) bond motifs is 1. The summed E-state index contributed by atoms with van der Waals surface area (Å²) in [5.74, 6) is -0.736. The standard InChI is InChI=1S/C29H32F2N4O4/c1-38-28-11-10-25-29(35-28)19(12-14-33-25)4-6-22-7-9-24(26(39-22)18-27(37)34-15-16-36)32-13-2-3-20-17-21(30)5-8-23(20)31/h2-6,8,10-12,14,17,22,24,26,32,36H,7,9,13,15-16,18H2,1H3,(H,34,37)/t22-,24-,26-/m1/s1. The molecule has 0 bridgehead atoms. The van der Waals surface area contributed by atoms with E-state index in [1.807, 2.05) is 24.3 Å². The summed E-state index contributed by atoms with van der Waals surface area (Å²) in [6, 6.07) is 8.65. The quantitative estimate of drug-likeness (QED) is 0.342. The van der Waals surface area contributed by atoms with Crippen LogP contribution in [0.25, 0.3) is 23.2 Å². The number of nitrogens with zero attached hydrogens (tertiary/aromatic N) is 2. The first-order valence-electron chi connectivity index (χ1n) is 12.8. The van der Waals surface area contributed by atoms with Crippen LogP contribution in [0.2, 0.25) is 0 Å². The third kappa shape index (κ3) is 7.89. The zero-order valence-electron chi connectivity index (χ0n) is 21.6. The number of aliphatic hydroxyl groups excluding tert-OH is 1. The van der Waals surface area contributed by atoms with Gasteiger partial charge in [0.25, 0.3) is 0 Å². The van der Waals surface area contributed by atoms with E-state index in [-0.39, 0.29) is 43.2 Å². The number of pyridine rings is 2. The molecule has 3 heterocycles. The van der Waals surface area contributed by atoms with Crippen LogP contribution in [0.5, 0.6) is 5.88 Å². The van der Waals surface area contributed by atoms with E-state index in [4.69, 9.17) is 14.6 Å². The molecule has 10 heteroatoms. The summed E-state index contributed by atoms with van der Waals surface area (Å²) in [5, 5.41) is 15.1. The number of hydrogen-bond donors (Lipinski definition) is 3. The number of hydrogen-bond acceptors (Lipinski definition) is 7. The van der Waals surface area contributed by atoms with E-state index in [0.717, 1.165) is 35.7 Å². The Morgan fingerprint density at radius 3 is 2.87 bits per heavy atom. The molecule has 3 aromatic rings. The number of aliphatic hydroxyl groups is 1. The lowest BCUT2D eigenvalue weighted by Gasteiger charge is -2.36. The summed E-state index contributed by atoms with van der Waals surface area (Å²) >= 11 is 0. The van der Waals surface area contributed by atoms with E-state index in [2.05, 4.69) is 20.6 Å². The Hall–Kier alpha value is -3.73. The van der Waals surface area contributed by atoms with Gasteiger partial charge in [-0.1, -0.05) is 24.3 Å². The molecule has 206 valence electrons. The predicted molar refractivity (Wildman–Crippen MR) is 145 cm³/mol. The van der Waals surface area contributed by atoms with Gasteiger partial charge in [0.1, 0.15) is 11.6 Å². The Labute approximate surface area is 225 Å². The first-order chi connectivity index (χ1) is 19.0. The highest BCUT2D eigenvalue weighted by Gasteiger charge is 2.31. The second-order valence-corrected chi connectivity index (χ2v) is 9.13. The molecule has 1 aromatic carbocycles.